The maximum Gasteiger partial charge on any atom is 0.239 e. The van der Waals surface area contributed by atoms with Gasteiger partial charge in [-0.15, -0.1) is 0 Å². The molecule has 106 valence electrons. The van der Waals surface area contributed by atoms with Crippen molar-refractivity contribution in [1.29, 1.82) is 0 Å². The van der Waals surface area contributed by atoms with E-state index in [0.717, 1.165) is 10.5 Å². The quantitative estimate of drug-likeness (QED) is 0.799. The first-order valence-electron chi connectivity index (χ1n) is 6.58. The van der Waals surface area contributed by atoms with Crippen molar-refractivity contribution < 1.29 is 14.3 Å². The van der Waals surface area contributed by atoms with E-state index in [1.54, 1.807) is 0 Å². The molecule has 0 radical (unpaired) electrons. The number of hydrogen-bond acceptors (Lipinski definition) is 5. The van der Waals surface area contributed by atoms with E-state index in [1.807, 2.05) is 30.3 Å². The lowest BCUT2D eigenvalue weighted by molar-refractivity contribution is -0.121. The first kappa shape index (κ1) is 13.2. The molecule has 6 heteroatoms. The lowest BCUT2D eigenvalue weighted by Gasteiger charge is -2.11. The van der Waals surface area contributed by atoms with Crippen LogP contribution in [-0.2, 0) is 16.2 Å². The maximum absolute atomic E-state index is 11.6. The first-order valence-corrected chi connectivity index (χ1v) is 6.58. The highest BCUT2D eigenvalue weighted by Gasteiger charge is 2.32. The van der Waals surface area contributed by atoms with Gasteiger partial charge in [-0.25, -0.2) is 14.9 Å². The van der Waals surface area contributed by atoms with Crippen LogP contribution in [-0.4, -0.2) is 21.8 Å². The Bertz CT molecular complexity index is 640. The van der Waals surface area contributed by atoms with E-state index in [2.05, 4.69) is 9.97 Å². The topological polar surface area (TPSA) is 72.4 Å². The number of benzene rings is 1. The minimum Gasteiger partial charge on any atom is -0.486 e. The summed E-state index contributed by atoms with van der Waals surface area (Å²) in [6, 6.07) is 9.71. The van der Waals surface area contributed by atoms with Gasteiger partial charge in [0.25, 0.3) is 0 Å². The molecule has 1 fully saturated rings. The summed E-state index contributed by atoms with van der Waals surface area (Å²) in [6.07, 6.45) is 3.36. The van der Waals surface area contributed by atoms with Gasteiger partial charge in [0.2, 0.25) is 17.8 Å². The summed E-state index contributed by atoms with van der Waals surface area (Å²) in [5.41, 5.74) is 1.03. The van der Waals surface area contributed by atoms with Crippen molar-refractivity contribution >= 4 is 17.8 Å². The Labute approximate surface area is 121 Å². The van der Waals surface area contributed by atoms with Gasteiger partial charge in [0.15, 0.2) is 5.75 Å². The summed E-state index contributed by atoms with van der Waals surface area (Å²) in [7, 11) is 0. The van der Waals surface area contributed by atoms with Gasteiger partial charge in [-0.05, 0) is 5.56 Å². The fraction of sp³-hybridized carbons (Fsp3) is 0.200. The molecule has 1 aromatic heterocycles. The number of aromatic nitrogens is 2. The van der Waals surface area contributed by atoms with Crippen molar-refractivity contribution in [1.82, 2.24) is 9.97 Å². The Hall–Kier alpha value is -2.76. The van der Waals surface area contributed by atoms with E-state index in [-0.39, 0.29) is 30.6 Å². The number of ether oxygens (including phenoxy) is 1. The summed E-state index contributed by atoms with van der Waals surface area (Å²) in [4.78, 5) is 32.2. The lowest BCUT2D eigenvalue weighted by Crippen LogP contribution is -2.30. The second-order valence-electron chi connectivity index (χ2n) is 4.62. The summed E-state index contributed by atoms with van der Waals surface area (Å²) < 4.78 is 5.55. The molecule has 0 aliphatic carbocycles. The first-order chi connectivity index (χ1) is 10.2. The Morgan fingerprint density at radius 2 is 1.62 bits per heavy atom. The summed E-state index contributed by atoms with van der Waals surface area (Å²) >= 11 is 0. The highest BCUT2D eigenvalue weighted by Crippen LogP contribution is 2.19. The Morgan fingerprint density at radius 3 is 2.24 bits per heavy atom. The van der Waals surface area contributed by atoms with Gasteiger partial charge in [-0.3, -0.25) is 9.59 Å². The number of rotatable bonds is 4. The van der Waals surface area contributed by atoms with Crippen LogP contribution in [0.2, 0.25) is 0 Å². The second kappa shape index (κ2) is 5.70. The third-order valence-corrected chi connectivity index (χ3v) is 3.11. The van der Waals surface area contributed by atoms with Crippen molar-refractivity contribution in [2.75, 3.05) is 4.90 Å². The molecule has 6 nitrogen and oxygen atoms in total. The van der Waals surface area contributed by atoms with Crippen LogP contribution in [0.5, 0.6) is 5.75 Å². The minimum absolute atomic E-state index is 0.106. The molecule has 0 bridgehead atoms. The average molecular weight is 283 g/mol. The van der Waals surface area contributed by atoms with E-state index in [1.165, 1.54) is 12.4 Å². The maximum atomic E-state index is 11.6. The minimum atomic E-state index is -0.266. The number of imide groups is 1. The Balaban J connectivity index is 1.67. The Morgan fingerprint density at radius 1 is 1.00 bits per heavy atom. The smallest absolute Gasteiger partial charge is 0.239 e. The van der Waals surface area contributed by atoms with Gasteiger partial charge >= 0.3 is 0 Å². The summed E-state index contributed by atoms with van der Waals surface area (Å²) in [5, 5.41) is 0. The molecule has 3 rings (SSSR count). The molecule has 2 amide bonds. The predicted octanol–water partition coefficient (Wildman–Crippen LogP) is 1.71. The fourth-order valence-corrected chi connectivity index (χ4v) is 2.04. The van der Waals surface area contributed by atoms with E-state index in [0.29, 0.717) is 12.4 Å². The highest BCUT2D eigenvalue weighted by molar-refractivity contribution is 6.18. The molecular weight excluding hydrogens is 270 g/mol. The zero-order valence-corrected chi connectivity index (χ0v) is 11.2. The molecule has 2 heterocycles. The Kier molecular flexibility index (Phi) is 3.59. The second-order valence-corrected chi connectivity index (χ2v) is 4.62. The lowest BCUT2D eigenvalue weighted by atomic mass is 10.2. The zero-order chi connectivity index (χ0) is 14.7. The third-order valence-electron chi connectivity index (χ3n) is 3.11. The molecule has 1 aromatic carbocycles. The average Bonchev–Trinajstić information content (AvgIpc) is 2.86. The highest BCUT2D eigenvalue weighted by atomic mass is 16.5. The third kappa shape index (κ3) is 2.89. The van der Waals surface area contributed by atoms with Crippen LogP contribution >= 0.6 is 0 Å². The van der Waals surface area contributed by atoms with Crippen LogP contribution in [0.1, 0.15) is 18.4 Å². The number of anilines is 1. The molecule has 1 saturated heterocycles. The van der Waals surface area contributed by atoms with E-state index >= 15 is 0 Å². The van der Waals surface area contributed by atoms with Gasteiger partial charge in [0.05, 0.1) is 12.4 Å². The SMILES string of the molecule is O=C1CCC(=O)N1c1ncc(OCc2ccccc2)cn1. The molecule has 0 N–H and O–H groups in total. The molecule has 21 heavy (non-hydrogen) atoms. The standard InChI is InChI=1S/C15H13N3O3/c19-13-6-7-14(20)18(13)15-16-8-12(9-17-15)21-10-11-4-2-1-3-5-11/h1-5,8-9H,6-7,10H2. The summed E-state index contributed by atoms with van der Waals surface area (Å²) in [6.45, 7) is 0.408. The van der Waals surface area contributed by atoms with E-state index in [4.69, 9.17) is 4.74 Å². The van der Waals surface area contributed by atoms with Crippen LogP contribution in [0.3, 0.4) is 0 Å². The predicted molar refractivity (Wildman–Crippen MR) is 74.5 cm³/mol. The van der Waals surface area contributed by atoms with E-state index < -0.39 is 0 Å². The van der Waals surface area contributed by atoms with Crippen molar-refractivity contribution in [2.24, 2.45) is 0 Å². The number of amides is 2. The number of nitrogens with zero attached hydrogens (tertiary/aromatic N) is 3. The van der Waals surface area contributed by atoms with E-state index in [9.17, 15) is 9.59 Å². The molecule has 0 atom stereocenters. The van der Waals surface area contributed by atoms with Gasteiger partial charge in [0.1, 0.15) is 6.61 Å². The molecule has 2 aromatic rings. The summed E-state index contributed by atoms with van der Waals surface area (Å²) in [5.74, 6) is 0.0622. The van der Waals surface area contributed by atoms with Crippen LogP contribution in [0.15, 0.2) is 42.7 Å². The van der Waals surface area contributed by atoms with Gasteiger partial charge in [-0.1, -0.05) is 30.3 Å². The number of carbonyl (C=O) groups is 2. The van der Waals surface area contributed by atoms with Crippen molar-refractivity contribution in [3.63, 3.8) is 0 Å². The van der Waals surface area contributed by atoms with Gasteiger partial charge < -0.3 is 4.74 Å². The molecule has 0 unspecified atom stereocenters. The molecular formula is C15H13N3O3. The molecule has 1 aliphatic rings. The fourth-order valence-electron chi connectivity index (χ4n) is 2.04. The largest absolute Gasteiger partial charge is 0.486 e. The van der Waals surface area contributed by atoms with Crippen molar-refractivity contribution in [2.45, 2.75) is 19.4 Å². The number of hydrogen-bond donors (Lipinski definition) is 0. The molecule has 0 spiro atoms. The number of carbonyl (C=O) groups excluding carboxylic acids is 2. The zero-order valence-electron chi connectivity index (χ0n) is 11.2. The molecule has 1 aliphatic heterocycles. The van der Waals surface area contributed by atoms with Crippen LogP contribution in [0, 0.1) is 0 Å². The normalized spacial score (nSPS) is 14.6. The van der Waals surface area contributed by atoms with Gasteiger partial charge in [0, 0.05) is 12.8 Å². The van der Waals surface area contributed by atoms with Crippen LogP contribution in [0.25, 0.3) is 0 Å². The molecule has 0 saturated carbocycles. The van der Waals surface area contributed by atoms with Crippen molar-refractivity contribution in [3.8, 4) is 5.75 Å². The van der Waals surface area contributed by atoms with Gasteiger partial charge in [-0.2, -0.15) is 0 Å². The monoisotopic (exact) mass is 283 g/mol. The van der Waals surface area contributed by atoms with Crippen LogP contribution < -0.4 is 9.64 Å². The van der Waals surface area contributed by atoms with Crippen LogP contribution in [0.4, 0.5) is 5.95 Å². The van der Waals surface area contributed by atoms with Crippen molar-refractivity contribution in [3.05, 3.63) is 48.3 Å².